The predicted octanol–water partition coefficient (Wildman–Crippen LogP) is 5.94. The number of rotatable bonds is 7. The van der Waals surface area contributed by atoms with Gasteiger partial charge in [0.15, 0.2) is 11.7 Å². The molecule has 0 saturated carbocycles. The summed E-state index contributed by atoms with van der Waals surface area (Å²) in [5, 5.41) is 1.55. The van der Waals surface area contributed by atoms with Gasteiger partial charge in [0.1, 0.15) is 0 Å². The number of hydrogen-bond acceptors (Lipinski definition) is 6. The first-order valence-corrected chi connectivity index (χ1v) is 12.3. The largest absolute Gasteiger partial charge is 0.452 e. The molecule has 0 aliphatic heterocycles. The highest BCUT2D eigenvalue weighted by molar-refractivity contribution is 7.22. The van der Waals surface area contributed by atoms with E-state index in [1.807, 2.05) is 85.8 Å². The number of aryl methyl sites for hydroxylation is 1. The molecule has 0 aliphatic carbocycles. The molecule has 36 heavy (non-hydrogen) atoms. The Labute approximate surface area is 212 Å². The van der Waals surface area contributed by atoms with Crippen molar-refractivity contribution in [2.45, 2.75) is 13.5 Å². The first-order valence-electron chi connectivity index (χ1n) is 11.5. The molecule has 0 bridgehead atoms. The van der Waals surface area contributed by atoms with Crippen LogP contribution in [0.5, 0.6) is 0 Å². The summed E-state index contributed by atoms with van der Waals surface area (Å²) in [5.41, 5.74) is 4.46. The summed E-state index contributed by atoms with van der Waals surface area (Å²) in [4.78, 5) is 36.4. The van der Waals surface area contributed by atoms with Crippen molar-refractivity contribution < 1.29 is 14.3 Å². The minimum atomic E-state index is -0.601. The van der Waals surface area contributed by atoms with E-state index in [9.17, 15) is 9.59 Å². The average Bonchev–Trinajstić information content (AvgIpc) is 3.35. The summed E-state index contributed by atoms with van der Waals surface area (Å²) in [7, 11) is 0. The summed E-state index contributed by atoms with van der Waals surface area (Å²) in [5.74, 6) is -0.944. The number of thiazole rings is 1. The molecule has 0 unspecified atom stereocenters. The van der Waals surface area contributed by atoms with Crippen LogP contribution in [-0.2, 0) is 20.9 Å². The number of anilines is 1. The van der Waals surface area contributed by atoms with E-state index in [1.165, 1.54) is 17.4 Å². The molecule has 7 heteroatoms. The molecule has 6 nitrogen and oxygen atoms in total. The van der Waals surface area contributed by atoms with Crippen LogP contribution < -0.4 is 4.90 Å². The van der Waals surface area contributed by atoms with E-state index >= 15 is 0 Å². The topological polar surface area (TPSA) is 72.4 Å². The number of nitrogens with zero attached hydrogens (tertiary/aromatic N) is 3. The number of carbonyl (C=O) groups excluding carboxylic acids is 2. The maximum Gasteiger partial charge on any atom is 0.331 e. The maximum absolute atomic E-state index is 13.2. The minimum Gasteiger partial charge on any atom is -0.452 e. The maximum atomic E-state index is 13.2. The average molecular weight is 494 g/mol. The van der Waals surface area contributed by atoms with Gasteiger partial charge in [-0.25, -0.2) is 9.78 Å². The minimum absolute atomic E-state index is 0.327. The normalized spacial score (nSPS) is 11.2. The van der Waals surface area contributed by atoms with E-state index in [-0.39, 0.29) is 5.91 Å². The van der Waals surface area contributed by atoms with Gasteiger partial charge in [0.25, 0.3) is 5.91 Å². The summed E-state index contributed by atoms with van der Waals surface area (Å²) in [6.45, 7) is 1.93. The quantitative estimate of drug-likeness (QED) is 0.207. The smallest absolute Gasteiger partial charge is 0.331 e. The molecule has 5 rings (SSSR count). The highest BCUT2D eigenvalue weighted by Gasteiger charge is 2.22. The Kier molecular flexibility index (Phi) is 6.82. The number of amides is 1. The second kappa shape index (κ2) is 10.5. The fourth-order valence-corrected chi connectivity index (χ4v) is 4.96. The molecule has 0 saturated heterocycles. The third kappa shape index (κ3) is 5.16. The van der Waals surface area contributed by atoms with Crippen LogP contribution in [0.25, 0.3) is 27.2 Å². The van der Waals surface area contributed by atoms with Crippen LogP contribution in [0.1, 0.15) is 16.7 Å². The van der Waals surface area contributed by atoms with Crippen molar-refractivity contribution in [2.24, 2.45) is 0 Å². The monoisotopic (exact) mass is 493 g/mol. The zero-order valence-electron chi connectivity index (χ0n) is 19.6. The molecule has 5 aromatic rings. The number of pyridine rings is 1. The summed E-state index contributed by atoms with van der Waals surface area (Å²) in [6, 6.07) is 25.2. The molecule has 0 fully saturated rings. The molecular formula is C29H23N3O3S. The van der Waals surface area contributed by atoms with Crippen molar-refractivity contribution in [3.63, 3.8) is 0 Å². The number of ether oxygens (including phenoxy) is 1. The first-order chi connectivity index (χ1) is 17.6. The van der Waals surface area contributed by atoms with Crippen LogP contribution in [0, 0.1) is 6.92 Å². The molecule has 0 atom stereocenters. The van der Waals surface area contributed by atoms with E-state index in [2.05, 4.69) is 4.98 Å². The molecule has 0 N–H and O–H groups in total. The molecule has 0 radical (unpaired) electrons. The number of hydrogen-bond donors (Lipinski definition) is 0. The van der Waals surface area contributed by atoms with E-state index < -0.39 is 12.6 Å². The fraction of sp³-hybridized carbons (Fsp3) is 0.103. The Morgan fingerprint density at radius 2 is 1.75 bits per heavy atom. The third-order valence-electron chi connectivity index (χ3n) is 5.73. The molecule has 178 valence electrons. The highest BCUT2D eigenvalue weighted by Crippen LogP contribution is 2.31. The Bertz CT molecular complexity index is 1570. The standard InChI is InChI=1S/C29H23N3O3S/c1-20-8-5-14-24-27(20)31-29(36-24)32(18-21-9-3-2-4-10-21)25(33)19-35-26(34)16-15-23-12-6-11-22-13-7-17-30-28(22)23/h2-17H,18-19H2,1H3/b16-15+. The number of carbonyl (C=O) groups is 2. The SMILES string of the molecule is Cc1cccc2sc(N(Cc3ccccc3)C(=O)COC(=O)/C=C/c3cccc4cccnc34)nc12. The van der Waals surface area contributed by atoms with Crippen molar-refractivity contribution >= 4 is 55.5 Å². The van der Waals surface area contributed by atoms with Gasteiger partial charge >= 0.3 is 5.97 Å². The van der Waals surface area contributed by atoms with Crippen molar-refractivity contribution in [3.8, 4) is 0 Å². The van der Waals surface area contributed by atoms with Crippen LogP contribution in [-0.4, -0.2) is 28.5 Å². The van der Waals surface area contributed by atoms with Crippen LogP contribution >= 0.6 is 11.3 Å². The Hall–Kier alpha value is -4.36. The zero-order valence-corrected chi connectivity index (χ0v) is 20.4. The Morgan fingerprint density at radius 1 is 0.944 bits per heavy atom. The van der Waals surface area contributed by atoms with Gasteiger partial charge in [-0.2, -0.15) is 0 Å². The lowest BCUT2D eigenvalue weighted by Gasteiger charge is -2.19. The predicted molar refractivity (Wildman–Crippen MR) is 144 cm³/mol. The van der Waals surface area contributed by atoms with Crippen LogP contribution in [0.15, 0.2) is 91.1 Å². The molecule has 1 amide bonds. The van der Waals surface area contributed by atoms with Crippen molar-refractivity contribution in [1.29, 1.82) is 0 Å². The van der Waals surface area contributed by atoms with Crippen molar-refractivity contribution in [2.75, 3.05) is 11.5 Å². The van der Waals surface area contributed by atoms with Gasteiger partial charge in [-0.3, -0.25) is 14.7 Å². The number of fused-ring (bicyclic) bond motifs is 2. The summed E-state index contributed by atoms with van der Waals surface area (Å²) >= 11 is 1.44. The zero-order chi connectivity index (χ0) is 24.9. The lowest BCUT2D eigenvalue weighted by Crippen LogP contribution is -2.34. The van der Waals surface area contributed by atoms with E-state index in [1.54, 1.807) is 17.2 Å². The molecule has 2 aromatic heterocycles. The highest BCUT2D eigenvalue weighted by atomic mass is 32.1. The Balaban J connectivity index is 1.33. The molecular weight excluding hydrogens is 470 g/mol. The van der Waals surface area contributed by atoms with E-state index in [0.717, 1.165) is 37.8 Å². The summed E-state index contributed by atoms with van der Waals surface area (Å²) in [6.07, 6.45) is 4.68. The number of benzene rings is 3. The molecule has 0 aliphatic rings. The molecule has 0 spiro atoms. The van der Waals surface area contributed by atoms with Crippen LogP contribution in [0.2, 0.25) is 0 Å². The van der Waals surface area contributed by atoms with Gasteiger partial charge in [0.05, 0.1) is 22.3 Å². The van der Waals surface area contributed by atoms with Gasteiger partial charge in [0.2, 0.25) is 0 Å². The first kappa shape index (κ1) is 23.4. The summed E-state index contributed by atoms with van der Waals surface area (Å²) < 4.78 is 6.31. The third-order valence-corrected chi connectivity index (χ3v) is 6.77. The van der Waals surface area contributed by atoms with Gasteiger partial charge in [0, 0.05) is 23.2 Å². The van der Waals surface area contributed by atoms with E-state index in [4.69, 9.17) is 9.72 Å². The molecule has 3 aromatic carbocycles. The van der Waals surface area contributed by atoms with Crippen molar-refractivity contribution in [3.05, 3.63) is 108 Å². The van der Waals surface area contributed by atoms with Crippen LogP contribution in [0.4, 0.5) is 5.13 Å². The number of esters is 1. The van der Waals surface area contributed by atoms with Gasteiger partial charge < -0.3 is 4.74 Å². The second-order valence-electron chi connectivity index (χ2n) is 8.25. The Morgan fingerprint density at radius 3 is 2.58 bits per heavy atom. The number of para-hydroxylation sites is 2. The van der Waals surface area contributed by atoms with Crippen molar-refractivity contribution in [1.82, 2.24) is 9.97 Å². The van der Waals surface area contributed by atoms with E-state index in [0.29, 0.717) is 11.7 Å². The van der Waals surface area contributed by atoms with Crippen LogP contribution in [0.3, 0.4) is 0 Å². The van der Waals surface area contributed by atoms with Gasteiger partial charge in [-0.15, -0.1) is 0 Å². The lowest BCUT2D eigenvalue weighted by molar-refractivity contribution is -0.142. The van der Waals surface area contributed by atoms with Gasteiger partial charge in [-0.05, 0) is 36.3 Å². The van der Waals surface area contributed by atoms with Gasteiger partial charge in [-0.1, -0.05) is 78.1 Å². The fourth-order valence-electron chi connectivity index (χ4n) is 3.90. The molecule has 2 heterocycles. The second-order valence-corrected chi connectivity index (χ2v) is 9.26. The number of aromatic nitrogens is 2. The lowest BCUT2D eigenvalue weighted by atomic mass is 10.1.